The molecular formula is C17H20FN. The molecule has 0 aliphatic carbocycles. The highest BCUT2D eigenvalue weighted by Gasteiger charge is 2.12. The van der Waals surface area contributed by atoms with Crippen LogP contribution in [0.2, 0.25) is 0 Å². The summed E-state index contributed by atoms with van der Waals surface area (Å²) in [6, 6.07) is 15.5. The van der Waals surface area contributed by atoms with Crippen molar-refractivity contribution in [3.63, 3.8) is 0 Å². The van der Waals surface area contributed by atoms with Gasteiger partial charge in [0.25, 0.3) is 0 Å². The van der Waals surface area contributed by atoms with Crippen molar-refractivity contribution < 1.29 is 4.39 Å². The molecule has 0 fully saturated rings. The normalized spacial score (nSPS) is 14.1. The van der Waals surface area contributed by atoms with Gasteiger partial charge in [-0.3, -0.25) is 0 Å². The average molecular weight is 257 g/mol. The van der Waals surface area contributed by atoms with Crippen molar-refractivity contribution in [1.29, 1.82) is 0 Å². The summed E-state index contributed by atoms with van der Waals surface area (Å²) in [7, 11) is 0. The molecule has 0 aromatic heterocycles. The van der Waals surface area contributed by atoms with Gasteiger partial charge in [-0.05, 0) is 49.6 Å². The molecule has 0 spiro atoms. The van der Waals surface area contributed by atoms with Gasteiger partial charge >= 0.3 is 0 Å². The van der Waals surface area contributed by atoms with Crippen LogP contribution in [0.3, 0.4) is 0 Å². The van der Waals surface area contributed by atoms with Crippen LogP contribution in [0.25, 0.3) is 0 Å². The van der Waals surface area contributed by atoms with E-state index < -0.39 is 0 Å². The van der Waals surface area contributed by atoms with Crippen molar-refractivity contribution in [1.82, 2.24) is 5.32 Å². The molecule has 2 atom stereocenters. The number of nitrogens with one attached hydrogen (secondary N) is 1. The third-order valence-corrected chi connectivity index (χ3v) is 3.52. The zero-order chi connectivity index (χ0) is 13.8. The summed E-state index contributed by atoms with van der Waals surface area (Å²) >= 11 is 0. The van der Waals surface area contributed by atoms with Crippen molar-refractivity contribution in [2.24, 2.45) is 0 Å². The molecule has 0 saturated heterocycles. The summed E-state index contributed by atoms with van der Waals surface area (Å²) in [4.78, 5) is 0. The first-order valence-corrected chi connectivity index (χ1v) is 6.65. The number of halogens is 1. The Balaban J connectivity index is 2.08. The van der Waals surface area contributed by atoms with E-state index in [-0.39, 0.29) is 17.9 Å². The van der Waals surface area contributed by atoms with E-state index in [1.54, 1.807) is 0 Å². The fourth-order valence-electron chi connectivity index (χ4n) is 2.39. The van der Waals surface area contributed by atoms with Crippen LogP contribution in [0.15, 0.2) is 48.5 Å². The maximum Gasteiger partial charge on any atom is 0.123 e. The fourth-order valence-corrected chi connectivity index (χ4v) is 2.39. The quantitative estimate of drug-likeness (QED) is 0.847. The summed E-state index contributed by atoms with van der Waals surface area (Å²) in [5.41, 5.74) is 3.69. The molecule has 0 aliphatic heterocycles. The first kappa shape index (κ1) is 13.8. The minimum atomic E-state index is -0.192. The Morgan fingerprint density at radius 2 is 1.53 bits per heavy atom. The van der Waals surface area contributed by atoms with Crippen molar-refractivity contribution in [3.8, 4) is 0 Å². The standard InChI is InChI=1S/C17H20FN/c1-12-6-4-5-7-17(12)14(3)19-13(2)15-8-10-16(18)11-9-15/h4-11,13-14,19H,1-3H3. The van der Waals surface area contributed by atoms with Crippen molar-refractivity contribution >= 4 is 0 Å². The van der Waals surface area contributed by atoms with Gasteiger partial charge in [0.2, 0.25) is 0 Å². The van der Waals surface area contributed by atoms with Gasteiger partial charge in [0.1, 0.15) is 5.82 Å². The smallest absolute Gasteiger partial charge is 0.123 e. The van der Waals surface area contributed by atoms with Gasteiger partial charge in [0.15, 0.2) is 0 Å². The zero-order valence-electron chi connectivity index (χ0n) is 11.7. The number of hydrogen-bond donors (Lipinski definition) is 1. The highest BCUT2D eigenvalue weighted by molar-refractivity contribution is 5.29. The molecule has 0 heterocycles. The van der Waals surface area contributed by atoms with Crippen molar-refractivity contribution in [2.75, 3.05) is 0 Å². The molecular weight excluding hydrogens is 237 g/mol. The van der Waals surface area contributed by atoms with E-state index in [0.717, 1.165) is 5.56 Å². The van der Waals surface area contributed by atoms with Crippen LogP contribution in [0, 0.1) is 12.7 Å². The molecule has 2 unspecified atom stereocenters. The molecule has 2 aromatic carbocycles. The maximum atomic E-state index is 12.9. The van der Waals surface area contributed by atoms with Gasteiger partial charge in [-0.15, -0.1) is 0 Å². The molecule has 100 valence electrons. The molecule has 0 saturated carbocycles. The van der Waals surface area contributed by atoms with Crippen LogP contribution < -0.4 is 5.32 Å². The average Bonchev–Trinajstić information content (AvgIpc) is 2.39. The van der Waals surface area contributed by atoms with Crippen LogP contribution in [0.4, 0.5) is 4.39 Å². The van der Waals surface area contributed by atoms with Crippen LogP contribution >= 0.6 is 0 Å². The molecule has 2 heteroatoms. The van der Waals surface area contributed by atoms with Crippen LogP contribution in [-0.4, -0.2) is 0 Å². The topological polar surface area (TPSA) is 12.0 Å². The lowest BCUT2D eigenvalue weighted by molar-refractivity contribution is 0.492. The van der Waals surface area contributed by atoms with E-state index in [1.807, 2.05) is 12.1 Å². The molecule has 19 heavy (non-hydrogen) atoms. The van der Waals surface area contributed by atoms with Gasteiger partial charge in [0, 0.05) is 12.1 Å². The maximum absolute atomic E-state index is 12.9. The molecule has 2 aromatic rings. The lowest BCUT2D eigenvalue weighted by Crippen LogP contribution is -2.23. The molecule has 1 nitrogen and oxygen atoms in total. The fraction of sp³-hybridized carbons (Fsp3) is 0.294. The van der Waals surface area contributed by atoms with Gasteiger partial charge < -0.3 is 5.32 Å². The van der Waals surface area contributed by atoms with Gasteiger partial charge in [0.05, 0.1) is 0 Å². The van der Waals surface area contributed by atoms with E-state index in [4.69, 9.17) is 0 Å². The van der Waals surface area contributed by atoms with Crippen molar-refractivity contribution in [2.45, 2.75) is 32.9 Å². The second-order valence-corrected chi connectivity index (χ2v) is 5.02. The summed E-state index contributed by atoms with van der Waals surface area (Å²) < 4.78 is 12.9. The molecule has 0 aliphatic rings. The van der Waals surface area contributed by atoms with Gasteiger partial charge in [-0.25, -0.2) is 4.39 Å². The first-order valence-electron chi connectivity index (χ1n) is 6.65. The lowest BCUT2D eigenvalue weighted by Gasteiger charge is -2.22. The predicted octanol–water partition coefficient (Wildman–Crippen LogP) is 4.55. The Bertz CT molecular complexity index is 533. The molecule has 0 bridgehead atoms. The Labute approximate surface area is 114 Å². The number of hydrogen-bond acceptors (Lipinski definition) is 1. The monoisotopic (exact) mass is 257 g/mol. The number of rotatable bonds is 4. The summed E-state index contributed by atoms with van der Waals surface area (Å²) in [5.74, 6) is -0.192. The van der Waals surface area contributed by atoms with Crippen LogP contribution in [0.1, 0.15) is 42.6 Å². The molecule has 0 amide bonds. The largest absolute Gasteiger partial charge is 0.304 e. The summed E-state index contributed by atoms with van der Waals surface area (Å²) in [6.07, 6.45) is 0. The summed E-state index contributed by atoms with van der Waals surface area (Å²) in [5, 5.41) is 3.55. The zero-order valence-corrected chi connectivity index (χ0v) is 11.7. The SMILES string of the molecule is Cc1ccccc1C(C)NC(C)c1ccc(F)cc1. The lowest BCUT2D eigenvalue weighted by atomic mass is 10.0. The van der Waals surface area contributed by atoms with E-state index >= 15 is 0 Å². The summed E-state index contributed by atoms with van der Waals surface area (Å²) in [6.45, 7) is 6.38. The Hall–Kier alpha value is -1.67. The highest BCUT2D eigenvalue weighted by atomic mass is 19.1. The molecule has 0 radical (unpaired) electrons. The molecule has 1 N–H and O–H groups in total. The Morgan fingerprint density at radius 1 is 0.895 bits per heavy atom. The van der Waals surface area contributed by atoms with E-state index in [0.29, 0.717) is 0 Å². The van der Waals surface area contributed by atoms with E-state index in [1.165, 1.54) is 23.3 Å². The minimum absolute atomic E-state index is 0.190. The third-order valence-electron chi connectivity index (χ3n) is 3.52. The first-order chi connectivity index (χ1) is 9.08. The second-order valence-electron chi connectivity index (χ2n) is 5.02. The molecule has 2 rings (SSSR count). The van der Waals surface area contributed by atoms with Crippen LogP contribution in [0.5, 0.6) is 0 Å². The van der Waals surface area contributed by atoms with E-state index in [2.05, 4.69) is 50.4 Å². The van der Waals surface area contributed by atoms with Crippen LogP contribution in [-0.2, 0) is 0 Å². The second kappa shape index (κ2) is 5.98. The van der Waals surface area contributed by atoms with Crippen molar-refractivity contribution in [3.05, 3.63) is 71.0 Å². The van der Waals surface area contributed by atoms with E-state index in [9.17, 15) is 4.39 Å². The minimum Gasteiger partial charge on any atom is -0.304 e. The van der Waals surface area contributed by atoms with Gasteiger partial charge in [-0.1, -0.05) is 36.4 Å². The number of aryl methyl sites for hydroxylation is 1. The highest BCUT2D eigenvalue weighted by Crippen LogP contribution is 2.21. The third kappa shape index (κ3) is 3.42. The van der Waals surface area contributed by atoms with Gasteiger partial charge in [-0.2, -0.15) is 0 Å². The number of benzene rings is 2. The Kier molecular flexibility index (Phi) is 4.33. The Morgan fingerprint density at radius 3 is 2.16 bits per heavy atom. The predicted molar refractivity (Wildman–Crippen MR) is 77.5 cm³/mol.